The average molecular weight is 253 g/mol. The highest BCUT2D eigenvalue weighted by atomic mass is 15.2. The molecule has 3 nitrogen and oxygen atoms in total. The van der Waals surface area contributed by atoms with Crippen LogP contribution in [0.15, 0.2) is 0 Å². The van der Waals surface area contributed by atoms with Crippen LogP contribution in [-0.4, -0.2) is 61.7 Å². The van der Waals surface area contributed by atoms with Gasteiger partial charge in [-0.25, -0.2) is 0 Å². The van der Waals surface area contributed by atoms with Crippen molar-refractivity contribution in [2.75, 3.05) is 45.8 Å². The Morgan fingerprint density at radius 1 is 1.22 bits per heavy atom. The summed E-state index contributed by atoms with van der Waals surface area (Å²) in [5.74, 6) is 0.891. The quantitative estimate of drug-likeness (QED) is 0.698. The second-order valence-electron chi connectivity index (χ2n) is 6.21. The van der Waals surface area contributed by atoms with Crippen LogP contribution in [0.4, 0.5) is 0 Å². The molecule has 2 atom stereocenters. The molecule has 0 radical (unpaired) electrons. The average Bonchev–Trinajstić information content (AvgIpc) is 3.00. The molecule has 2 aliphatic rings. The van der Waals surface area contributed by atoms with Crippen LogP contribution in [0.3, 0.4) is 0 Å². The van der Waals surface area contributed by atoms with Crippen molar-refractivity contribution in [2.24, 2.45) is 5.92 Å². The first-order valence-corrected chi connectivity index (χ1v) is 7.96. The molecule has 0 aromatic heterocycles. The second-order valence-corrected chi connectivity index (χ2v) is 6.21. The maximum absolute atomic E-state index is 3.57. The van der Waals surface area contributed by atoms with E-state index in [-0.39, 0.29) is 0 Å². The third-order valence-corrected chi connectivity index (χ3v) is 4.52. The van der Waals surface area contributed by atoms with E-state index in [1.165, 1.54) is 71.5 Å². The zero-order valence-electron chi connectivity index (χ0n) is 12.3. The van der Waals surface area contributed by atoms with Gasteiger partial charge in [0.2, 0.25) is 0 Å². The Bertz CT molecular complexity index is 226. The second kappa shape index (κ2) is 7.46. The monoisotopic (exact) mass is 253 g/mol. The molecule has 0 amide bonds. The summed E-state index contributed by atoms with van der Waals surface area (Å²) in [6.07, 6.45) is 5.47. The van der Waals surface area contributed by atoms with Gasteiger partial charge in [-0.2, -0.15) is 0 Å². The van der Waals surface area contributed by atoms with Gasteiger partial charge in [-0.3, -0.25) is 4.90 Å². The molecule has 2 rings (SSSR count). The topological polar surface area (TPSA) is 18.5 Å². The number of hydrogen-bond acceptors (Lipinski definition) is 3. The van der Waals surface area contributed by atoms with E-state index >= 15 is 0 Å². The fourth-order valence-electron chi connectivity index (χ4n) is 3.40. The van der Waals surface area contributed by atoms with Crippen molar-refractivity contribution in [3.05, 3.63) is 0 Å². The van der Waals surface area contributed by atoms with Gasteiger partial charge in [-0.05, 0) is 71.2 Å². The highest BCUT2D eigenvalue weighted by molar-refractivity contribution is 4.82. The Labute approximate surface area is 113 Å². The van der Waals surface area contributed by atoms with Crippen LogP contribution in [0.1, 0.15) is 39.5 Å². The smallest absolute Gasteiger partial charge is 0.0194 e. The van der Waals surface area contributed by atoms with Gasteiger partial charge in [0.15, 0.2) is 0 Å². The number of nitrogens with zero attached hydrogens (tertiary/aromatic N) is 2. The van der Waals surface area contributed by atoms with Crippen molar-refractivity contribution in [1.29, 1.82) is 0 Å². The standard InChI is InChI=1S/C15H31N3/c1-3-7-16-11-15-6-10-17(13-15)12-14(2)18-8-4-5-9-18/h14-16H,3-13H2,1-2H3. The Balaban J connectivity index is 1.62. The maximum Gasteiger partial charge on any atom is 0.0194 e. The summed E-state index contributed by atoms with van der Waals surface area (Å²) in [5.41, 5.74) is 0. The Morgan fingerprint density at radius 2 is 2.00 bits per heavy atom. The van der Waals surface area contributed by atoms with Crippen LogP contribution >= 0.6 is 0 Å². The summed E-state index contributed by atoms with van der Waals surface area (Å²) in [5, 5.41) is 3.57. The fourth-order valence-corrected chi connectivity index (χ4v) is 3.40. The minimum atomic E-state index is 0.759. The lowest BCUT2D eigenvalue weighted by atomic mass is 10.1. The number of rotatable bonds is 7. The zero-order valence-corrected chi connectivity index (χ0v) is 12.3. The van der Waals surface area contributed by atoms with Gasteiger partial charge in [0.25, 0.3) is 0 Å². The molecule has 2 saturated heterocycles. The van der Waals surface area contributed by atoms with E-state index in [9.17, 15) is 0 Å². The van der Waals surface area contributed by atoms with Gasteiger partial charge in [0.05, 0.1) is 0 Å². The van der Waals surface area contributed by atoms with Crippen molar-refractivity contribution in [2.45, 2.75) is 45.6 Å². The Morgan fingerprint density at radius 3 is 2.72 bits per heavy atom. The molecule has 0 aromatic carbocycles. The lowest BCUT2D eigenvalue weighted by molar-refractivity contribution is 0.188. The predicted octanol–water partition coefficient (Wildman–Crippen LogP) is 1.79. The third kappa shape index (κ3) is 4.22. The molecule has 3 heteroatoms. The summed E-state index contributed by atoms with van der Waals surface area (Å²) >= 11 is 0. The Hall–Kier alpha value is -0.120. The third-order valence-electron chi connectivity index (χ3n) is 4.52. The van der Waals surface area contributed by atoms with Crippen molar-refractivity contribution >= 4 is 0 Å². The van der Waals surface area contributed by atoms with E-state index in [0.717, 1.165) is 12.0 Å². The summed E-state index contributed by atoms with van der Waals surface area (Å²) in [6, 6.07) is 0.759. The van der Waals surface area contributed by atoms with Crippen molar-refractivity contribution in [1.82, 2.24) is 15.1 Å². The molecule has 2 heterocycles. The van der Waals surface area contributed by atoms with E-state index in [4.69, 9.17) is 0 Å². The SMILES string of the molecule is CCCNCC1CCN(CC(C)N2CCCC2)C1. The van der Waals surface area contributed by atoms with Crippen LogP contribution in [0.2, 0.25) is 0 Å². The predicted molar refractivity (Wildman–Crippen MR) is 78.0 cm³/mol. The van der Waals surface area contributed by atoms with Gasteiger partial charge < -0.3 is 10.2 Å². The van der Waals surface area contributed by atoms with Crippen LogP contribution < -0.4 is 5.32 Å². The van der Waals surface area contributed by atoms with E-state index in [1.807, 2.05) is 0 Å². The highest BCUT2D eigenvalue weighted by Gasteiger charge is 2.25. The molecule has 0 aromatic rings. The molecule has 0 spiro atoms. The fraction of sp³-hybridized carbons (Fsp3) is 1.00. The normalized spacial score (nSPS) is 28.0. The molecular weight excluding hydrogens is 222 g/mol. The van der Waals surface area contributed by atoms with E-state index < -0.39 is 0 Å². The van der Waals surface area contributed by atoms with Gasteiger partial charge in [-0.1, -0.05) is 6.92 Å². The Kier molecular flexibility index (Phi) is 5.93. The molecule has 0 bridgehead atoms. The van der Waals surface area contributed by atoms with Gasteiger partial charge in [-0.15, -0.1) is 0 Å². The maximum atomic E-state index is 3.57. The first-order chi connectivity index (χ1) is 8.79. The van der Waals surface area contributed by atoms with Crippen molar-refractivity contribution in [3.8, 4) is 0 Å². The van der Waals surface area contributed by atoms with Crippen LogP contribution in [0, 0.1) is 5.92 Å². The molecule has 2 fully saturated rings. The lowest BCUT2D eigenvalue weighted by Crippen LogP contribution is -2.40. The van der Waals surface area contributed by atoms with Crippen LogP contribution in [0.25, 0.3) is 0 Å². The van der Waals surface area contributed by atoms with Gasteiger partial charge >= 0.3 is 0 Å². The van der Waals surface area contributed by atoms with Crippen LogP contribution in [-0.2, 0) is 0 Å². The number of likely N-dealkylation sites (tertiary alicyclic amines) is 2. The molecule has 0 aliphatic carbocycles. The minimum absolute atomic E-state index is 0.759. The molecule has 18 heavy (non-hydrogen) atoms. The van der Waals surface area contributed by atoms with Gasteiger partial charge in [0.1, 0.15) is 0 Å². The van der Waals surface area contributed by atoms with Crippen LogP contribution in [0.5, 0.6) is 0 Å². The van der Waals surface area contributed by atoms with Gasteiger partial charge in [0, 0.05) is 19.1 Å². The number of hydrogen-bond donors (Lipinski definition) is 1. The summed E-state index contributed by atoms with van der Waals surface area (Å²) in [6.45, 7) is 13.6. The van der Waals surface area contributed by atoms with E-state index in [1.54, 1.807) is 0 Å². The van der Waals surface area contributed by atoms with E-state index in [0.29, 0.717) is 0 Å². The molecular formula is C15H31N3. The highest BCUT2D eigenvalue weighted by Crippen LogP contribution is 2.18. The largest absolute Gasteiger partial charge is 0.316 e. The minimum Gasteiger partial charge on any atom is -0.316 e. The molecule has 2 aliphatic heterocycles. The lowest BCUT2D eigenvalue weighted by Gasteiger charge is -2.28. The summed E-state index contributed by atoms with van der Waals surface area (Å²) in [7, 11) is 0. The van der Waals surface area contributed by atoms with Crippen molar-refractivity contribution < 1.29 is 0 Å². The first kappa shape index (κ1) is 14.3. The molecule has 2 unspecified atom stereocenters. The van der Waals surface area contributed by atoms with E-state index in [2.05, 4.69) is 29.0 Å². The zero-order chi connectivity index (χ0) is 12.8. The first-order valence-electron chi connectivity index (χ1n) is 7.96. The number of nitrogens with one attached hydrogen (secondary N) is 1. The molecule has 0 saturated carbocycles. The summed E-state index contributed by atoms with van der Waals surface area (Å²) in [4.78, 5) is 5.35. The molecule has 106 valence electrons. The van der Waals surface area contributed by atoms with Crippen molar-refractivity contribution in [3.63, 3.8) is 0 Å². The molecule has 1 N–H and O–H groups in total. The summed E-state index contributed by atoms with van der Waals surface area (Å²) < 4.78 is 0.